The van der Waals surface area contributed by atoms with Crippen LogP contribution in [0.4, 0.5) is 13.2 Å². The number of nitrogens with two attached hydrogens (primary N) is 1. The van der Waals surface area contributed by atoms with E-state index in [0.29, 0.717) is 18.9 Å². The molecule has 1 aromatic carbocycles. The molecule has 1 aliphatic rings. The topological polar surface area (TPSA) is 35.2 Å². The molecule has 5 heteroatoms. The van der Waals surface area contributed by atoms with Crippen LogP contribution in [-0.2, 0) is 10.3 Å². The summed E-state index contributed by atoms with van der Waals surface area (Å²) in [6.07, 6.45) is 1.35. The van der Waals surface area contributed by atoms with Gasteiger partial charge in [0.15, 0.2) is 11.6 Å². The number of hydrogen-bond acceptors (Lipinski definition) is 2. The van der Waals surface area contributed by atoms with Crippen LogP contribution in [-0.4, -0.2) is 6.61 Å². The molecule has 0 heterocycles. The van der Waals surface area contributed by atoms with Crippen molar-refractivity contribution in [2.24, 2.45) is 5.90 Å². The van der Waals surface area contributed by atoms with Crippen LogP contribution in [0.1, 0.15) is 18.4 Å². The monoisotopic (exact) mass is 217 g/mol. The van der Waals surface area contributed by atoms with Gasteiger partial charge in [0.25, 0.3) is 0 Å². The van der Waals surface area contributed by atoms with E-state index in [-0.39, 0.29) is 12.2 Å². The van der Waals surface area contributed by atoms with Crippen LogP contribution >= 0.6 is 0 Å². The van der Waals surface area contributed by atoms with E-state index in [4.69, 9.17) is 5.90 Å². The average Bonchev–Trinajstić information content (AvgIpc) is 2.93. The lowest BCUT2D eigenvalue weighted by atomic mass is 9.96. The molecule has 0 saturated heterocycles. The van der Waals surface area contributed by atoms with Crippen LogP contribution in [0.2, 0.25) is 0 Å². The van der Waals surface area contributed by atoms with E-state index in [9.17, 15) is 13.2 Å². The van der Waals surface area contributed by atoms with E-state index >= 15 is 0 Å². The second kappa shape index (κ2) is 3.50. The first kappa shape index (κ1) is 10.4. The van der Waals surface area contributed by atoms with Gasteiger partial charge in [0.2, 0.25) is 0 Å². The molecule has 1 saturated carbocycles. The Labute approximate surface area is 84.8 Å². The van der Waals surface area contributed by atoms with Crippen LogP contribution < -0.4 is 5.90 Å². The van der Waals surface area contributed by atoms with Crippen molar-refractivity contribution in [2.75, 3.05) is 6.61 Å². The molecular formula is C10H10F3NO. The maximum Gasteiger partial charge on any atom is 0.161 e. The molecule has 0 radical (unpaired) electrons. The maximum absolute atomic E-state index is 13.4. The van der Waals surface area contributed by atoms with Crippen molar-refractivity contribution in [3.05, 3.63) is 35.1 Å². The summed E-state index contributed by atoms with van der Waals surface area (Å²) < 4.78 is 39.0. The molecule has 1 aliphatic carbocycles. The summed E-state index contributed by atoms with van der Waals surface area (Å²) >= 11 is 0. The molecule has 0 atom stereocenters. The minimum absolute atomic E-state index is 0.120. The predicted molar refractivity (Wildman–Crippen MR) is 47.4 cm³/mol. The standard InChI is InChI=1S/C10H10F3NO/c11-7-4-9(13)8(12)3-6(7)10(1-2-10)5-15-14/h3-4H,1-2,5,14H2. The van der Waals surface area contributed by atoms with Gasteiger partial charge in [0.05, 0.1) is 6.61 Å². The molecule has 1 aromatic rings. The quantitative estimate of drug-likeness (QED) is 0.621. The van der Waals surface area contributed by atoms with Crippen LogP contribution in [0.3, 0.4) is 0 Å². The Bertz CT molecular complexity index is 390. The van der Waals surface area contributed by atoms with E-state index in [1.807, 2.05) is 0 Å². The number of hydrogen-bond donors (Lipinski definition) is 1. The normalized spacial score (nSPS) is 17.9. The molecule has 0 aliphatic heterocycles. The molecule has 0 bridgehead atoms. The highest BCUT2D eigenvalue weighted by Gasteiger charge is 2.46. The lowest BCUT2D eigenvalue weighted by molar-refractivity contribution is 0.115. The van der Waals surface area contributed by atoms with E-state index in [1.165, 1.54) is 0 Å². The third-order valence-electron chi connectivity index (χ3n) is 2.79. The highest BCUT2D eigenvalue weighted by atomic mass is 19.2. The van der Waals surface area contributed by atoms with Crippen molar-refractivity contribution < 1.29 is 18.0 Å². The van der Waals surface area contributed by atoms with E-state index in [1.54, 1.807) is 0 Å². The van der Waals surface area contributed by atoms with E-state index < -0.39 is 22.9 Å². The molecule has 1 fully saturated rings. The summed E-state index contributed by atoms with van der Waals surface area (Å²) in [5.74, 6) is 1.95. The Morgan fingerprint density at radius 1 is 1.13 bits per heavy atom. The zero-order valence-electron chi connectivity index (χ0n) is 7.90. The Kier molecular flexibility index (Phi) is 2.44. The highest BCUT2D eigenvalue weighted by Crippen LogP contribution is 2.49. The molecule has 2 nitrogen and oxygen atoms in total. The summed E-state index contributed by atoms with van der Waals surface area (Å²) in [4.78, 5) is 4.47. The van der Waals surface area contributed by atoms with E-state index in [2.05, 4.69) is 4.84 Å². The lowest BCUT2D eigenvalue weighted by Crippen LogP contribution is -2.20. The molecule has 0 amide bonds. The summed E-state index contributed by atoms with van der Waals surface area (Å²) in [6.45, 7) is 0.120. The Morgan fingerprint density at radius 3 is 2.27 bits per heavy atom. The smallest absolute Gasteiger partial charge is 0.161 e. The summed E-state index contributed by atoms with van der Waals surface area (Å²) in [6, 6.07) is 1.44. The maximum atomic E-state index is 13.4. The van der Waals surface area contributed by atoms with Crippen molar-refractivity contribution in [3.63, 3.8) is 0 Å². The molecule has 0 unspecified atom stereocenters. The van der Waals surface area contributed by atoms with Crippen LogP contribution in [0.25, 0.3) is 0 Å². The molecule has 0 spiro atoms. The summed E-state index contributed by atoms with van der Waals surface area (Å²) in [5.41, 5.74) is -0.417. The van der Waals surface area contributed by atoms with Crippen LogP contribution in [0, 0.1) is 17.5 Å². The van der Waals surface area contributed by atoms with Crippen molar-refractivity contribution in [1.29, 1.82) is 0 Å². The molecule has 2 rings (SSSR count). The van der Waals surface area contributed by atoms with Gasteiger partial charge in [-0.05, 0) is 24.5 Å². The Hall–Kier alpha value is -1.07. The third-order valence-corrected chi connectivity index (χ3v) is 2.79. The number of benzene rings is 1. The molecule has 82 valence electrons. The average molecular weight is 217 g/mol. The minimum Gasteiger partial charge on any atom is -0.304 e. The van der Waals surface area contributed by atoms with Crippen LogP contribution in [0.15, 0.2) is 12.1 Å². The largest absolute Gasteiger partial charge is 0.304 e. The lowest BCUT2D eigenvalue weighted by Gasteiger charge is -2.14. The first-order valence-corrected chi connectivity index (χ1v) is 4.56. The number of rotatable bonds is 3. The van der Waals surface area contributed by atoms with Gasteiger partial charge in [0.1, 0.15) is 5.82 Å². The fourth-order valence-corrected chi connectivity index (χ4v) is 1.73. The van der Waals surface area contributed by atoms with Crippen molar-refractivity contribution in [2.45, 2.75) is 18.3 Å². The third kappa shape index (κ3) is 1.72. The zero-order chi connectivity index (χ0) is 11.1. The summed E-state index contributed by atoms with van der Waals surface area (Å²) in [5, 5.41) is 0. The van der Waals surface area contributed by atoms with Crippen molar-refractivity contribution in [1.82, 2.24) is 0 Å². The van der Waals surface area contributed by atoms with Gasteiger partial charge >= 0.3 is 0 Å². The second-order valence-electron chi connectivity index (χ2n) is 3.84. The zero-order valence-corrected chi connectivity index (χ0v) is 7.90. The Morgan fingerprint density at radius 2 is 1.73 bits per heavy atom. The van der Waals surface area contributed by atoms with Crippen molar-refractivity contribution in [3.8, 4) is 0 Å². The first-order valence-electron chi connectivity index (χ1n) is 4.56. The van der Waals surface area contributed by atoms with Gasteiger partial charge < -0.3 is 4.84 Å². The highest BCUT2D eigenvalue weighted by molar-refractivity contribution is 5.33. The Balaban J connectivity index is 2.40. The SMILES string of the molecule is NOCC1(c2cc(F)c(F)cc2F)CC1. The predicted octanol–water partition coefficient (Wildman–Crippen LogP) is 2.03. The van der Waals surface area contributed by atoms with Gasteiger partial charge in [-0.25, -0.2) is 19.1 Å². The fraction of sp³-hybridized carbons (Fsp3) is 0.400. The van der Waals surface area contributed by atoms with Gasteiger partial charge in [-0.2, -0.15) is 0 Å². The van der Waals surface area contributed by atoms with Crippen LogP contribution in [0.5, 0.6) is 0 Å². The molecule has 0 aromatic heterocycles. The molecule has 2 N–H and O–H groups in total. The fourth-order valence-electron chi connectivity index (χ4n) is 1.73. The molecule has 15 heavy (non-hydrogen) atoms. The first-order chi connectivity index (χ1) is 7.09. The number of halogens is 3. The van der Waals surface area contributed by atoms with Gasteiger partial charge in [0, 0.05) is 11.5 Å². The van der Waals surface area contributed by atoms with Gasteiger partial charge in [-0.3, -0.25) is 0 Å². The van der Waals surface area contributed by atoms with Gasteiger partial charge in [-0.15, -0.1) is 0 Å². The minimum atomic E-state index is -1.18. The molecular weight excluding hydrogens is 207 g/mol. The summed E-state index contributed by atoms with van der Waals surface area (Å²) in [7, 11) is 0. The van der Waals surface area contributed by atoms with Gasteiger partial charge in [-0.1, -0.05) is 0 Å². The van der Waals surface area contributed by atoms with Crippen molar-refractivity contribution >= 4 is 0 Å². The van der Waals surface area contributed by atoms with E-state index in [0.717, 1.165) is 6.07 Å². The second-order valence-corrected chi connectivity index (χ2v) is 3.84.